The van der Waals surface area contributed by atoms with Gasteiger partial charge in [-0.25, -0.2) is 9.18 Å². The summed E-state index contributed by atoms with van der Waals surface area (Å²) in [5, 5.41) is 5.67. The van der Waals surface area contributed by atoms with Crippen LogP contribution in [-0.4, -0.2) is 31.5 Å². The van der Waals surface area contributed by atoms with Crippen LogP contribution >= 0.6 is 0 Å². The largest absolute Gasteiger partial charge is 0.444 e. The molecule has 5 nitrogen and oxygen atoms in total. The van der Waals surface area contributed by atoms with Gasteiger partial charge in [-0.3, -0.25) is 5.32 Å². The molecule has 1 saturated heterocycles. The zero-order chi connectivity index (χ0) is 16.2. The minimum Gasteiger partial charge on any atom is -0.444 e. The van der Waals surface area contributed by atoms with Crippen LogP contribution in [0.15, 0.2) is 18.2 Å². The van der Waals surface area contributed by atoms with Crippen LogP contribution in [0.1, 0.15) is 27.2 Å². The topological polar surface area (TPSA) is 59.6 Å². The minimum absolute atomic E-state index is 0.0990. The predicted molar refractivity (Wildman–Crippen MR) is 83.7 cm³/mol. The van der Waals surface area contributed by atoms with E-state index in [1.54, 1.807) is 32.9 Å². The first kappa shape index (κ1) is 16.5. The predicted octanol–water partition coefficient (Wildman–Crippen LogP) is 3.62. The van der Waals surface area contributed by atoms with Crippen molar-refractivity contribution in [3.05, 3.63) is 24.0 Å². The average molecular weight is 310 g/mol. The van der Waals surface area contributed by atoms with E-state index < -0.39 is 17.5 Å². The molecule has 0 radical (unpaired) electrons. The molecular weight excluding hydrogens is 287 g/mol. The Morgan fingerprint density at radius 3 is 2.86 bits per heavy atom. The summed E-state index contributed by atoms with van der Waals surface area (Å²) in [6.07, 6.45) is 0.352. The summed E-state index contributed by atoms with van der Waals surface area (Å²) in [4.78, 5) is 11.7. The van der Waals surface area contributed by atoms with Gasteiger partial charge in [0.15, 0.2) is 0 Å². The number of hydrogen-bond acceptors (Lipinski definition) is 4. The Balaban J connectivity index is 1.95. The molecule has 1 amide bonds. The summed E-state index contributed by atoms with van der Waals surface area (Å²) in [5.41, 5.74) is 0.222. The Morgan fingerprint density at radius 1 is 1.45 bits per heavy atom. The molecule has 1 fully saturated rings. The summed E-state index contributed by atoms with van der Waals surface area (Å²) < 4.78 is 24.2. The summed E-state index contributed by atoms with van der Waals surface area (Å²) >= 11 is 0. The van der Waals surface area contributed by atoms with Crippen molar-refractivity contribution in [1.82, 2.24) is 0 Å². The number of benzene rings is 1. The zero-order valence-corrected chi connectivity index (χ0v) is 13.2. The highest BCUT2D eigenvalue weighted by Gasteiger charge is 2.18. The Kier molecular flexibility index (Phi) is 5.24. The molecule has 122 valence electrons. The second kappa shape index (κ2) is 6.96. The first-order chi connectivity index (χ1) is 10.3. The van der Waals surface area contributed by atoms with Crippen LogP contribution < -0.4 is 10.6 Å². The van der Waals surface area contributed by atoms with Gasteiger partial charge in [-0.1, -0.05) is 0 Å². The number of hydrogen-bond donors (Lipinski definition) is 2. The fourth-order valence-corrected chi connectivity index (χ4v) is 2.15. The molecular formula is C16H23FN2O3. The van der Waals surface area contributed by atoms with Crippen LogP contribution in [0, 0.1) is 11.7 Å². The number of amides is 1. The molecule has 0 bridgehead atoms. The van der Waals surface area contributed by atoms with Gasteiger partial charge in [0.2, 0.25) is 0 Å². The number of carbonyl (C=O) groups is 1. The summed E-state index contributed by atoms with van der Waals surface area (Å²) in [7, 11) is 0. The van der Waals surface area contributed by atoms with E-state index in [2.05, 4.69) is 10.6 Å². The second-order valence-electron chi connectivity index (χ2n) is 6.43. The Labute approximate surface area is 130 Å². The van der Waals surface area contributed by atoms with Crippen molar-refractivity contribution in [2.24, 2.45) is 5.92 Å². The van der Waals surface area contributed by atoms with Crippen LogP contribution in [-0.2, 0) is 9.47 Å². The highest BCUT2D eigenvalue weighted by Crippen LogP contribution is 2.22. The number of nitrogens with one attached hydrogen (secondary N) is 2. The third kappa shape index (κ3) is 5.18. The molecule has 2 N–H and O–H groups in total. The van der Waals surface area contributed by atoms with Crippen molar-refractivity contribution in [3.63, 3.8) is 0 Å². The van der Waals surface area contributed by atoms with Crippen molar-refractivity contribution < 1.29 is 18.7 Å². The highest BCUT2D eigenvalue weighted by atomic mass is 19.1. The lowest BCUT2D eigenvalue weighted by Gasteiger charge is -2.20. The molecule has 22 heavy (non-hydrogen) atoms. The molecule has 1 heterocycles. The van der Waals surface area contributed by atoms with Crippen molar-refractivity contribution in [1.29, 1.82) is 0 Å². The van der Waals surface area contributed by atoms with E-state index >= 15 is 0 Å². The third-order valence-corrected chi connectivity index (χ3v) is 3.22. The first-order valence-electron chi connectivity index (χ1n) is 7.45. The maximum Gasteiger partial charge on any atom is 0.412 e. The maximum absolute atomic E-state index is 13.8. The number of carbonyl (C=O) groups excluding carboxylic acids is 1. The van der Waals surface area contributed by atoms with E-state index in [1.807, 2.05) is 0 Å². The fourth-order valence-electron chi connectivity index (χ4n) is 2.15. The van der Waals surface area contributed by atoms with Gasteiger partial charge in [-0.2, -0.15) is 0 Å². The van der Waals surface area contributed by atoms with Crippen molar-refractivity contribution in [3.8, 4) is 0 Å². The summed E-state index contributed by atoms with van der Waals surface area (Å²) in [6.45, 7) is 7.57. The van der Waals surface area contributed by atoms with E-state index in [0.29, 0.717) is 5.92 Å². The minimum atomic E-state index is -0.673. The SMILES string of the molecule is CC(C)(C)OC(=O)Nc1cc(NCC2CCOC2)ccc1F. The molecule has 1 aromatic carbocycles. The van der Waals surface area contributed by atoms with Crippen molar-refractivity contribution in [2.45, 2.75) is 32.8 Å². The zero-order valence-electron chi connectivity index (χ0n) is 13.2. The van der Waals surface area contributed by atoms with E-state index in [1.165, 1.54) is 6.07 Å². The molecule has 1 unspecified atom stereocenters. The van der Waals surface area contributed by atoms with Crippen molar-refractivity contribution in [2.75, 3.05) is 30.4 Å². The van der Waals surface area contributed by atoms with Gasteiger partial charge in [0.05, 0.1) is 12.3 Å². The maximum atomic E-state index is 13.8. The molecule has 1 aliphatic heterocycles. The number of rotatable bonds is 4. The molecule has 6 heteroatoms. The fraction of sp³-hybridized carbons (Fsp3) is 0.562. The van der Waals surface area contributed by atoms with Gasteiger partial charge >= 0.3 is 6.09 Å². The number of ether oxygens (including phenoxy) is 2. The van der Waals surface area contributed by atoms with E-state index in [9.17, 15) is 9.18 Å². The molecule has 1 aromatic rings. The van der Waals surface area contributed by atoms with Gasteiger partial charge in [0, 0.05) is 24.8 Å². The highest BCUT2D eigenvalue weighted by molar-refractivity contribution is 5.85. The Bertz CT molecular complexity index is 523. The van der Waals surface area contributed by atoms with Crippen LogP contribution in [0.3, 0.4) is 0 Å². The lowest BCUT2D eigenvalue weighted by molar-refractivity contribution is 0.0635. The number of halogens is 1. The standard InChI is InChI=1S/C16H23FN2O3/c1-16(2,3)22-15(20)19-14-8-12(4-5-13(14)17)18-9-11-6-7-21-10-11/h4-5,8,11,18H,6-7,9-10H2,1-3H3,(H,19,20). The van der Waals surface area contributed by atoms with Crippen LogP contribution in [0.5, 0.6) is 0 Å². The molecule has 2 rings (SSSR count). The van der Waals surface area contributed by atoms with Crippen LogP contribution in [0.25, 0.3) is 0 Å². The molecule has 1 aliphatic rings. The van der Waals surface area contributed by atoms with Gasteiger partial charge in [-0.15, -0.1) is 0 Å². The Hall–Kier alpha value is -1.82. The van der Waals surface area contributed by atoms with Gasteiger partial charge in [0.25, 0.3) is 0 Å². The molecule has 1 atom stereocenters. The lowest BCUT2D eigenvalue weighted by atomic mass is 10.1. The van der Waals surface area contributed by atoms with Gasteiger partial charge in [0.1, 0.15) is 11.4 Å². The van der Waals surface area contributed by atoms with E-state index in [4.69, 9.17) is 9.47 Å². The van der Waals surface area contributed by atoms with Crippen LogP contribution in [0.4, 0.5) is 20.6 Å². The lowest BCUT2D eigenvalue weighted by Crippen LogP contribution is -2.27. The molecule has 0 aliphatic carbocycles. The average Bonchev–Trinajstić information content (AvgIpc) is 2.90. The number of anilines is 2. The van der Waals surface area contributed by atoms with E-state index in [-0.39, 0.29) is 5.69 Å². The Morgan fingerprint density at radius 2 is 2.23 bits per heavy atom. The first-order valence-corrected chi connectivity index (χ1v) is 7.45. The third-order valence-electron chi connectivity index (χ3n) is 3.22. The normalized spacial score (nSPS) is 18.1. The molecule has 0 saturated carbocycles. The van der Waals surface area contributed by atoms with Crippen LogP contribution in [0.2, 0.25) is 0 Å². The van der Waals surface area contributed by atoms with Crippen molar-refractivity contribution >= 4 is 17.5 Å². The summed E-state index contributed by atoms with van der Waals surface area (Å²) in [6, 6.07) is 4.53. The van der Waals surface area contributed by atoms with Gasteiger partial charge in [-0.05, 0) is 45.4 Å². The smallest absolute Gasteiger partial charge is 0.412 e. The van der Waals surface area contributed by atoms with E-state index in [0.717, 1.165) is 31.9 Å². The quantitative estimate of drug-likeness (QED) is 0.891. The monoisotopic (exact) mass is 310 g/mol. The van der Waals surface area contributed by atoms with Gasteiger partial charge < -0.3 is 14.8 Å². The molecule has 0 spiro atoms. The molecule has 0 aromatic heterocycles. The summed E-state index contributed by atoms with van der Waals surface area (Å²) in [5.74, 6) is -0.0343. The second-order valence-corrected chi connectivity index (χ2v) is 6.43.